The summed E-state index contributed by atoms with van der Waals surface area (Å²) in [5.74, 6) is 1.39. The van der Waals surface area contributed by atoms with E-state index in [1.54, 1.807) is 25.3 Å². The van der Waals surface area contributed by atoms with Crippen molar-refractivity contribution in [1.82, 2.24) is 9.55 Å². The number of alkyl halides is 3. The van der Waals surface area contributed by atoms with Crippen LogP contribution in [0.4, 0.5) is 13.2 Å². The van der Waals surface area contributed by atoms with Crippen LogP contribution < -0.4 is 9.47 Å². The highest BCUT2D eigenvalue weighted by Crippen LogP contribution is 2.37. The Morgan fingerprint density at radius 3 is 2.38 bits per heavy atom. The van der Waals surface area contributed by atoms with Gasteiger partial charge in [0.15, 0.2) is 5.69 Å². The molecule has 1 heterocycles. The molecule has 3 rings (SSSR count). The van der Waals surface area contributed by atoms with Gasteiger partial charge in [-0.3, -0.25) is 0 Å². The number of imidazole rings is 1. The van der Waals surface area contributed by atoms with Crippen LogP contribution in [0, 0.1) is 0 Å². The zero-order valence-electron chi connectivity index (χ0n) is 16.1. The van der Waals surface area contributed by atoms with E-state index in [0.717, 1.165) is 22.0 Å². The number of aromatic nitrogens is 2. The lowest BCUT2D eigenvalue weighted by Crippen LogP contribution is -2.05. The Morgan fingerprint density at radius 1 is 1.10 bits per heavy atom. The van der Waals surface area contributed by atoms with Crippen LogP contribution in [0.1, 0.15) is 31.1 Å². The first-order chi connectivity index (χ1) is 13.7. The number of hydrogen-bond acceptors (Lipinski definition) is 3. The molecule has 0 saturated heterocycles. The fraction of sp³-hybridized carbons (Fsp3) is 0.286. The van der Waals surface area contributed by atoms with Crippen LogP contribution in [0.5, 0.6) is 11.5 Å². The van der Waals surface area contributed by atoms with Gasteiger partial charge in [0, 0.05) is 16.7 Å². The van der Waals surface area contributed by atoms with Gasteiger partial charge in [0.1, 0.15) is 23.9 Å². The molecular weight excluding hydrogens is 449 g/mol. The topological polar surface area (TPSA) is 36.3 Å². The molecular formula is C21H20BrF3N2O2. The summed E-state index contributed by atoms with van der Waals surface area (Å²) in [6.07, 6.45) is -3.48. The van der Waals surface area contributed by atoms with Crippen LogP contribution in [0.25, 0.3) is 11.4 Å². The Hall–Kier alpha value is -2.48. The summed E-state index contributed by atoms with van der Waals surface area (Å²) in [4.78, 5) is 3.87. The van der Waals surface area contributed by atoms with Gasteiger partial charge in [-0.05, 0) is 49.7 Å². The first-order valence-electron chi connectivity index (χ1n) is 8.90. The minimum absolute atomic E-state index is 0.202. The number of methoxy groups -OCH3 is 1. The largest absolute Gasteiger partial charge is 0.497 e. The average molecular weight is 469 g/mol. The Balaban J connectivity index is 1.97. The third kappa shape index (κ3) is 4.93. The van der Waals surface area contributed by atoms with Crippen molar-refractivity contribution in [3.8, 4) is 22.9 Å². The zero-order valence-corrected chi connectivity index (χ0v) is 17.7. The maximum atomic E-state index is 13.2. The lowest BCUT2D eigenvalue weighted by atomic mass is 10.1. The van der Waals surface area contributed by atoms with E-state index < -0.39 is 11.9 Å². The van der Waals surface area contributed by atoms with Crippen molar-refractivity contribution in [3.63, 3.8) is 0 Å². The molecule has 4 nitrogen and oxygen atoms in total. The van der Waals surface area contributed by atoms with Gasteiger partial charge in [-0.1, -0.05) is 28.1 Å². The van der Waals surface area contributed by atoms with E-state index in [-0.39, 0.29) is 18.5 Å². The highest BCUT2D eigenvalue weighted by molar-refractivity contribution is 9.10. The number of ether oxygens (including phenoxy) is 2. The first kappa shape index (κ1) is 21.2. The molecule has 0 bridgehead atoms. The molecule has 0 amide bonds. The average Bonchev–Trinajstić information content (AvgIpc) is 3.13. The van der Waals surface area contributed by atoms with Gasteiger partial charge in [0.2, 0.25) is 0 Å². The van der Waals surface area contributed by atoms with Crippen molar-refractivity contribution in [2.24, 2.45) is 0 Å². The summed E-state index contributed by atoms with van der Waals surface area (Å²) < 4.78 is 53.1. The molecule has 0 unspecified atom stereocenters. The normalized spacial score (nSPS) is 11.7. The van der Waals surface area contributed by atoms with Crippen molar-refractivity contribution >= 4 is 15.9 Å². The van der Waals surface area contributed by atoms with E-state index in [9.17, 15) is 13.2 Å². The van der Waals surface area contributed by atoms with Crippen LogP contribution >= 0.6 is 15.9 Å². The van der Waals surface area contributed by atoms with Crippen molar-refractivity contribution in [2.75, 3.05) is 7.11 Å². The molecule has 154 valence electrons. The van der Waals surface area contributed by atoms with Crippen LogP contribution in [0.2, 0.25) is 0 Å². The second kappa shape index (κ2) is 8.49. The quantitative estimate of drug-likeness (QED) is 0.414. The molecule has 3 aromatic rings. The summed E-state index contributed by atoms with van der Waals surface area (Å²) in [7, 11) is 1.59. The second-order valence-electron chi connectivity index (χ2n) is 6.73. The van der Waals surface area contributed by atoms with Crippen molar-refractivity contribution in [3.05, 3.63) is 64.4 Å². The van der Waals surface area contributed by atoms with Crippen molar-refractivity contribution < 1.29 is 22.6 Å². The molecule has 0 saturated carbocycles. The van der Waals surface area contributed by atoms with Crippen LogP contribution in [-0.2, 0) is 12.8 Å². The summed E-state index contributed by atoms with van der Waals surface area (Å²) in [6.45, 7) is 3.87. The molecule has 0 atom stereocenters. The number of rotatable bonds is 6. The van der Waals surface area contributed by atoms with Gasteiger partial charge in [-0.15, -0.1) is 0 Å². The zero-order chi connectivity index (χ0) is 21.2. The fourth-order valence-corrected chi connectivity index (χ4v) is 3.15. The minimum atomic E-state index is -4.52. The fourth-order valence-electron chi connectivity index (χ4n) is 2.81. The third-order valence-electron chi connectivity index (χ3n) is 4.32. The highest BCUT2D eigenvalue weighted by atomic mass is 79.9. The molecule has 8 heteroatoms. The second-order valence-corrected chi connectivity index (χ2v) is 7.64. The SMILES string of the molecule is COc1ccc(COc2cc(Br)ccc2-c2nc(C(F)(F)F)cn2C(C)C)cc1. The monoisotopic (exact) mass is 468 g/mol. The molecule has 2 aromatic carbocycles. The van der Waals surface area contributed by atoms with E-state index >= 15 is 0 Å². The van der Waals surface area contributed by atoms with Crippen LogP contribution in [0.3, 0.4) is 0 Å². The number of hydrogen-bond donors (Lipinski definition) is 0. The molecule has 0 radical (unpaired) electrons. The Labute approximate surface area is 175 Å². The summed E-state index contributed by atoms with van der Waals surface area (Å²) >= 11 is 3.39. The molecule has 0 aliphatic rings. The van der Waals surface area contributed by atoms with E-state index in [0.29, 0.717) is 11.3 Å². The molecule has 0 fully saturated rings. The number of benzene rings is 2. The summed E-state index contributed by atoms with van der Waals surface area (Å²) in [6, 6.07) is 12.4. The van der Waals surface area contributed by atoms with E-state index in [4.69, 9.17) is 9.47 Å². The maximum Gasteiger partial charge on any atom is 0.434 e. The molecule has 0 aliphatic heterocycles. The van der Waals surface area contributed by atoms with E-state index in [2.05, 4.69) is 20.9 Å². The third-order valence-corrected chi connectivity index (χ3v) is 4.81. The predicted molar refractivity (Wildman–Crippen MR) is 108 cm³/mol. The molecule has 29 heavy (non-hydrogen) atoms. The molecule has 1 aromatic heterocycles. The highest BCUT2D eigenvalue weighted by Gasteiger charge is 2.35. The molecule has 0 N–H and O–H groups in total. The van der Waals surface area contributed by atoms with Crippen molar-refractivity contribution in [1.29, 1.82) is 0 Å². The van der Waals surface area contributed by atoms with Crippen LogP contribution in [0.15, 0.2) is 53.1 Å². The summed E-state index contributed by atoms with van der Waals surface area (Å²) in [5.41, 5.74) is 0.469. The minimum Gasteiger partial charge on any atom is -0.497 e. The standard InChI is InChI=1S/C21H20BrF3N2O2/c1-13(2)27-11-19(21(23,24)25)26-20(27)17-9-6-15(22)10-18(17)29-12-14-4-7-16(28-3)8-5-14/h4-11,13H,12H2,1-3H3. The maximum absolute atomic E-state index is 13.2. The Morgan fingerprint density at radius 2 is 1.79 bits per heavy atom. The van der Waals surface area contributed by atoms with E-state index in [1.165, 1.54) is 4.57 Å². The van der Waals surface area contributed by atoms with Gasteiger partial charge in [0.05, 0.1) is 12.7 Å². The summed E-state index contributed by atoms with van der Waals surface area (Å²) in [5, 5.41) is 0. The van der Waals surface area contributed by atoms with Gasteiger partial charge in [-0.25, -0.2) is 4.98 Å². The number of nitrogens with zero attached hydrogens (tertiary/aromatic N) is 2. The predicted octanol–water partition coefficient (Wildman–Crippen LogP) is 6.50. The van der Waals surface area contributed by atoms with Crippen LogP contribution in [-0.4, -0.2) is 16.7 Å². The van der Waals surface area contributed by atoms with Gasteiger partial charge in [0.25, 0.3) is 0 Å². The Bertz CT molecular complexity index is 983. The first-order valence-corrected chi connectivity index (χ1v) is 9.70. The molecule has 0 spiro atoms. The molecule has 0 aliphatic carbocycles. The van der Waals surface area contributed by atoms with Gasteiger partial charge in [-0.2, -0.15) is 13.2 Å². The van der Waals surface area contributed by atoms with Crippen molar-refractivity contribution in [2.45, 2.75) is 32.7 Å². The van der Waals surface area contributed by atoms with Gasteiger partial charge >= 0.3 is 6.18 Å². The van der Waals surface area contributed by atoms with E-state index in [1.807, 2.05) is 38.1 Å². The Kier molecular flexibility index (Phi) is 6.21. The lowest BCUT2D eigenvalue weighted by Gasteiger charge is -2.15. The lowest BCUT2D eigenvalue weighted by molar-refractivity contribution is -0.140. The smallest absolute Gasteiger partial charge is 0.434 e. The number of halogens is 4. The van der Waals surface area contributed by atoms with Gasteiger partial charge < -0.3 is 14.0 Å².